The van der Waals surface area contributed by atoms with Gasteiger partial charge in [0.2, 0.25) is 0 Å². The molecule has 14 heavy (non-hydrogen) atoms. The van der Waals surface area contributed by atoms with Crippen molar-refractivity contribution in [2.24, 2.45) is 0 Å². The molecule has 0 aromatic carbocycles. The molecule has 0 aromatic rings. The molecule has 82 valence electrons. The third kappa shape index (κ3) is 3.27. The van der Waals surface area contributed by atoms with Gasteiger partial charge in [0.1, 0.15) is 0 Å². The van der Waals surface area contributed by atoms with Gasteiger partial charge in [0, 0.05) is 31.7 Å². The van der Waals surface area contributed by atoms with Crippen LogP contribution in [0.2, 0.25) is 0 Å². The smallest absolute Gasteiger partial charge is 0.307 e. The molecule has 1 heterocycles. The molecule has 0 spiro atoms. The van der Waals surface area contributed by atoms with Gasteiger partial charge in [-0.05, 0) is 13.8 Å². The van der Waals surface area contributed by atoms with Crippen molar-refractivity contribution >= 4 is 5.97 Å². The molecule has 1 rings (SSSR count). The first-order valence-corrected chi connectivity index (χ1v) is 5.17. The van der Waals surface area contributed by atoms with E-state index in [1.54, 1.807) is 0 Å². The highest BCUT2D eigenvalue weighted by Gasteiger charge is 2.22. The second kappa shape index (κ2) is 5.32. The van der Waals surface area contributed by atoms with Crippen LogP contribution >= 0.6 is 0 Å². The van der Waals surface area contributed by atoms with E-state index in [2.05, 4.69) is 28.8 Å². The lowest BCUT2D eigenvalue weighted by Gasteiger charge is -2.35. The van der Waals surface area contributed by atoms with E-state index in [4.69, 9.17) is 0 Å². The Morgan fingerprint density at radius 2 is 2.43 bits per heavy atom. The first-order valence-electron chi connectivity index (χ1n) is 5.17. The molecule has 0 aliphatic carbocycles. The van der Waals surface area contributed by atoms with Gasteiger partial charge in [-0.3, -0.25) is 9.69 Å². The monoisotopic (exact) mass is 200 g/mol. The summed E-state index contributed by atoms with van der Waals surface area (Å²) < 4.78 is 4.66. The Hall–Kier alpha value is -0.610. The summed E-state index contributed by atoms with van der Waals surface area (Å²) in [7, 11) is 1.44. The van der Waals surface area contributed by atoms with Gasteiger partial charge < -0.3 is 10.1 Å². The lowest BCUT2D eigenvalue weighted by atomic mass is 10.1. The number of hydrogen-bond acceptors (Lipinski definition) is 4. The van der Waals surface area contributed by atoms with Crippen molar-refractivity contribution in [3.05, 3.63) is 0 Å². The maximum absolute atomic E-state index is 11.1. The number of piperazine rings is 1. The fourth-order valence-corrected chi connectivity index (χ4v) is 1.82. The van der Waals surface area contributed by atoms with Gasteiger partial charge in [0.25, 0.3) is 0 Å². The van der Waals surface area contributed by atoms with Gasteiger partial charge in [0.05, 0.1) is 13.5 Å². The zero-order valence-electron chi connectivity index (χ0n) is 9.25. The summed E-state index contributed by atoms with van der Waals surface area (Å²) in [6.07, 6.45) is 0.489. The van der Waals surface area contributed by atoms with E-state index < -0.39 is 0 Å². The zero-order chi connectivity index (χ0) is 10.6. The number of nitrogens with one attached hydrogen (secondary N) is 1. The van der Waals surface area contributed by atoms with Crippen molar-refractivity contribution in [2.45, 2.75) is 32.4 Å². The molecule has 0 amide bonds. The van der Waals surface area contributed by atoms with Crippen molar-refractivity contribution in [1.29, 1.82) is 0 Å². The number of rotatable bonds is 3. The van der Waals surface area contributed by atoms with E-state index in [1.165, 1.54) is 7.11 Å². The summed E-state index contributed by atoms with van der Waals surface area (Å²) in [5, 5.41) is 3.38. The van der Waals surface area contributed by atoms with Crippen molar-refractivity contribution < 1.29 is 9.53 Å². The molecule has 4 nitrogen and oxygen atoms in total. The number of carbonyl (C=O) groups is 1. The van der Waals surface area contributed by atoms with Crippen molar-refractivity contribution in [1.82, 2.24) is 10.2 Å². The highest BCUT2D eigenvalue weighted by Crippen LogP contribution is 2.08. The lowest BCUT2D eigenvalue weighted by Crippen LogP contribution is -2.52. The zero-order valence-corrected chi connectivity index (χ0v) is 9.25. The molecule has 1 saturated heterocycles. The molecule has 1 N–H and O–H groups in total. The first kappa shape index (κ1) is 11.5. The van der Waals surface area contributed by atoms with Gasteiger partial charge in [0.15, 0.2) is 0 Å². The van der Waals surface area contributed by atoms with Crippen LogP contribution in [0.5, 0.6) is 0 Å². The van der Waals surface area contributed by atoms with Crippen molar-refractivity contribution in [3.8, 4) is 0 Å². The first-order chi connectivity index (χ1) is 6.63. The molecule has 1 aliphatic heterocycles. The Bertz CT molecular complexity index is 197. The SMILES string of the molecule is COC(=O)CC(C)N1CCNC(C)C1. The van der Waals surface area contributed by atoms with E-state index in [1.807, 2.05) is 0 Å². The molecule has 0 radical (unpaired) electrons. The standard InChI is InChI=1S/C10H20N2O2/c1-8-7-12(5-4-11-8)9(2)6-10(13)14-3/h8-9,11H,4-7H2,1-3H3. The molecular weight excluding hydrogens is 180 g/mol. The summed E-state index contributed by atoms with van der Waals surface area (Å²) in [6, 6.07) is 0.802. The predicted octanol–water partition coefficient (Wildman–Crippen LogP) is 0.232. The summed E-state index contributed by atoms with van der Waals surface area (Å²) in [5.41, 5.74) is 0. The predicted molar refractivity (Wildman–Crippen MR) is 55.1 cm³/mol. The molecule has 2 atom stereocenters. The third-order valence-corrected chi connectivity index (χ3v) is 2.71. The van der Waals surface area contributed by atoms with Crippen molar-refractivity contribution in [2.75, 3.05) is 26.7 Å². The Kier molecular flexibility index (Phi) is 4.35. The van der Waals surface area contributed by atoms with Crippen LogP contribution in [0, 0.1) is 0 Å². The minimum absolute atomic E-state index is 0.122. The average molecular weight is 200 g/mol. The molecule has 0 bridgehead atoms. The summed E-state index contributed by atoms with van der Waals surface area (Å²) in [6.45, 7) is 7.28. The maximum Gasteiger partial charge on any atom is 0.307 e. The molecule has 0 saturated carbocycles. The van der Waals surface area contributed by atoms with Gasteiger partial charge in [-0.1, -0.05) is 0 Å². The molecule has 1 fully saturated rings. The van der Waals surface area contributed by atoms with Crippen LogP contribution in [0.1, 0.15) is 20.3 Å². The molecule has 4 heteroatoms. The minimum Gasteiger partial charge on any atom is -0.469 e. The van der Waals surface area contributed by atoms with Gasteiger partial charge in [-0.25, -0.2) is 0 Å². The van der Waals surface area contributed by atoms with E-state index in [0.29, 0.717) is 12.5 Å². The maximum atomic E-state index is 11.1. The highest BCUT2D eigenvalue weighted by molar-refractivity contribution is 5.69. The Morgan fingerprint density at radius 3 is 3.00 bits per heavy atom. The molecule has 1 aliphatic rings. The van der Waals surface area contributed by atoms with Crippen LogP contribution in [0.3, 0.4) is 0 Å². The summed E-state index contributed by atoms with van der Waals surface area (Å²) in [5.74, 6) is -0.122. The van der Waals surface area contributed by atoms with Gasteiger partial charge >= 0.3 is 5.97 Å². The fourth-order valence-electron chi connectivity index (χ4n) is 1.82. The van der Waals surface area contributed by atoms with E-state index in [0.717, 1.165) is 19.6 Å². The largest absolute Gasteiger partial charge is 0.469 e. The van der Waals surface area contributed by atoms with Gasteiger partial charge in [-0.15, -0.1) is 0 Å². The normalized spacial score (nSPS) is 25.8. The number of esters is 1. The third-order valence-electron chi connectivity index (χ3n) is 2.71. The second-order valence-corrected chi connectivity index (χ2v) is 3.98. The van der Waals surface area contributed by atoms with Crippen LogP contribution < -0.4 is 5.32 Å². The van der Waals surface area contributed by atoms with Crippen LogP contribution in [0.4, 0.5) is 0 Å². The van der Waals surface area contributed by atoms with E-state index in [-0.39, 0.29) is 12.0 Å². The lowest BCUT2D eigenvalue weighted by molar-refractivity contribution is -0.142. The number of hydrogen-bond donors (Lipinski definition) is 1. The average Bonchev–Trinajstić information content (AvgIpc) is 2.17. The van der Waals surface area contributed by atoms with Crippen LogP contribution in [0.25, 0.3) is 0 Å². The number of methoxy groups -OCH3 is 1. The number of ether oxygens (including phenoxy) is 1. The second-order valence-electron chi connectivity index (χ2n) is 3.98. The van der Waals surface area contributed by atoms with Gasteiger partial charge in [-0.2, -0.15) is 0 Å². The van der Waals surface area contributed by atoms with Crippen molar-refractivity contribution in [3.63, 3.8) is 0 Å². The minimum atomic E-state index is -0.122. The van der Waals surface area contributed by atoms with Crippen LogP contribution in [-0.2, 0) is 9.53 Å². The molecular formula is C10H20N2O2. The highest BCUT2D eigenvalue weighted by atomic mass is 16.5. The summed E-state index contributed by atoms with van der Waals surface area (Å²) in [4.78, 5) is 13.4. The Balaban J connectivity index is 2.35. The van der Waals surface area contributed by atoms with E-state index in [9.17, 15) is 4.79 Å². The fraction of sp³-hybridized carbons (Fsp3) is 0.900. The van der Waals surface area contributed by atoms with Crippen LogP contribution in [-0.4, -0.2) is 49.7 Å². The quantitative estimate of drug-likeness (QED) is 0.662. The number of nitrogens with zero attached hydrogens (tertiary/aromatic N) is 1. The van der Waals surface area contributed by atoms with E-state index >= 15 is 0 Å². The number of carbonyl (C=O) groups excluding carboxylic acids is 1. The topological polar surface area (TPSA) is 41.6 Å². The molecule has 0 aromatic heterocycles. The molecule has 2 unspecified atom stereocenters. The Morgan fingerprint density at radius 1 is 1.71 bits per heavy atom. The summed E-state index contributed by atoms with van der Waals surface area (Å²) >= 11 is 0. The Labute approximate surface area is 85.6 Å². The van der Waals surface area contributed by atoms with Crippen LogP contribution in [0.15, 0.2) is 0 Å².